The number of halogens is 1. The summed E-state index contributed by atoms with van der Waals surface area (Å²) in [6.07, 6.45) is 1.22. The third-order valence-corrected chi connectivity index (χ3v) is 4.16. The summed E-state index contributed by atoms with van der Waals surface area (Å²) in [5, 5.41) is 3.51. The Hall–Kier alpha value is -0.380. The Morgan fingerprint density at radius 1 is 1.22 bits per heavy atom. The lowest BCUT2D eigenvalue weighted by atomic mass is 10.1. The molecule has 0 aliphatic carbocycles. The van der Waals surface area contributed by atoms with E-state index in [-0.39, 0.29) is 0 Å². The van der Waals surface area contributed by atoms with Crippen LogP contribution in [0, 0.1) is 6.92 Å². The molecule has 2 nitrogen and oxygen atoms in total. The average molecular weight is 313 g/mol. The van der Waals surface area contributed by atoms with Crippen molar-refractivity contribution in [1.29, 1.82) is 0 Å². The van der Waals surface area contributed by atoms with Gasteiger partial charge in [-0.1, -0.05) is 41.9 Å². The van der Waals surface area contributed by atoms with Gasteiger partial charge in [-0.05, 0) is 56.7 Å². The summed E-state index contributed by atoms with van der Waals surface area (Å²) in [7, 11) is 0. The monoisotopic (exact) mass is 312 g/mol. The van der Waals surface area contributed by atoms with Crippen LogP contribution in [-0.4, -0.2) is 31.1 Å². The molecule has 0 aliphatic rings. The zero-order valence-corrected chi connectivity index (χ0v) is 13.4. The Morgan fingerprint density at radius 3 is 2.56 bits per heavy atom. The van der Waals surface area contributed by atoms with Gasteiger partial charge in [0.1, 0.15) is 0 Å². The van der Waals surface area contributed by atoms with Crippen LogP contribution in [0.5, 0.6) is 0 Å². The Kier molecular flexibility index (Phi) is 7.56. The highest BCUT2D eigenvalue weighted by Gasteiger charge is 1.99. The van der Waals surface area contributed by atoms with Crippen LogP contribution < -0.4 is 5.32 Å². The van der Waals surface area contributed by atoms with Gasteiger partial charge in [-0.2, -0.15) is 0 Å². The van der Waals surface area contributed by atoms with Gasteiger partial charge in [0.05, 0.1) is 0 Å². The zero-order valence-electron chi connectivity index (χ0n) is 11.8. The molecule has 0 unspecified atom stereocenters. The van der Waals surface area contributed by atoms with E-state index in [0.29, 0.717) is 0 Å². The van der Waals surface area contributed by atoms with Gasteiger partial charge >= 0.3 is 0 Å². The normalized spacial score (nSPS) is 11.2. The van der Waals surface area contributed by atoms with Crippen LogP contribution in [-0.2, 0) is 6.54 Å². The van der Waals surface area contributed by atoms with Crippen molar-refractivity contribution in [3.05, 3.63) is 33.8 Å². The van der Waals surface area contributed by atoms with E-state index in [1.54, 1.807) is 0 Å². The second-order valence-electron chi connectivity index (χ2n) is 4.64. The van der Waals surface area contributed by atoms with E-state index in [4.69, 9.17) is 0 Å². The Bertz CT molecular complexity index is 348. The van der Waals surface area contributed by atoms with Gasteiger partial charge in [0.2, 0.25) is 0 Å². The number of hydrogen-bond donors (Lipinski definition) is 1. The second-order valence-corrected chi connectivity index (χ2v) is 5.50. The summed E-state index contributed by atoms with van der Waals surface area (Å²) in [5.74, 6) is 0. The molecule has 0 aromatic heterocycles. The fourth-order valence-electron chi connectivity index (χ4n) is 2.02. The molecular weight excluding hydrogens is 288 g/mol. The van der Waals surface area contributed by atoms with E-state index < -0.39 is 0 Å². The standard InChI is InChI=1S/C15H25BrN2/c1-4-18(5-2)10-6-9-17-12-14-7-8-15(16)13(3)11-14/h7-8,11,17H,4-6,9-10,12H2,1-3H3. The lowest BCUT2D eigenvalue weighted by Crippen LogP contribution is -2.27. The van der Waals surface area contributed by atoms with Gasteiger partial charge < -0.3 is 10.2 Å². The van der Waals surface area contributed by atoms with Gasteiger partial charge in [0.25, 0.3) is 0 Å². The zero-order chi connectivity index (χ0) is 13.4. The molecule has 1 N–H and O–H groups in total. The Morgan fingerprint density at radius 2 is 1.94 bits per heavy atom. The van der Waals surface area contributed by atoms with Crippen molar-refractivity contribution in [2.24, 2.45) is 0 Å². The number of benzene rings is 1. The fraction of sp³-hybridized carbons (Fsp3) is 0.600. The van der Waals surface area contributed by atoms with E-state index in [1.807, 2.05) is 0 Å². The summed E-state index contributed by atoms with van der Waals surface area (Å²) >= 11 is 3.53. The Balaban J connectivity index is 2.19. The van der Waals surface area contributed by atoms with Crippen molar-refractivity contribution in [3.63, 3.8) is 0 Å². The molecule has 0 saturated heterocycles. The van der Waals surface area contributed by atoms with E-state index in [1.165, 1.54) is 28.6 Å². The minimum absolute atomic E-state index is 0.965. The fourth-order valence-corrected chi connectivity index (χ4v) is 2.26. The molecule has 0 radical (unpaired) electrons. The summed E-state index contributed by atoms with van der Waals surface area (Å²) in [4.78, 5) is 2.46. The average Bonchev–Trinajstić information content (AvgIpc) is 2.38. The van der Waals surface area contributed by atoms with Gasteiger partial charge in [0, 0.05) is 11.0 Å². The van der Waals surface area contributed by atoms with E-state index in [0.717, 1.165) is 26.2 Å². The van der Waals surface area contributed by atoms with Crippen molar-refractivity contribution >= 4 is 15.9 Å². The van der Waals surface area contributed by atoms with Crippen LogP contribution in [0.4, 0.5) is 0 Å². The molecule has 102 valence electrons. The lowest BCUT2D eigenvalue weighted by molar-refractivity contribution is 0.298. The number of nitrogens with one attached hydrogen (secondary N) is 1. The molecule has 1 aromatic rings. The maximum Gasteiger partial charge on any atom is 0.0205 e. The van der Waals surface area contributed by atoms with Crippen LogP contribution in [0.15, 0.2) is 22.7 Å². The SMILES string of the molecule is CCN(CC)CCCNCc1ccc(Br)c(C)c1. The van der Waals surface area contributed by atoms with Crippen LogP contribution in [0.1, 0.15) is 31.4 Å². The number of hydrogen-bond acceptors (Lipinski definition) is 2. The first-order valence-electron chi connectivity index (χ1n) is 6.85. The van der Waals surface area contributed by atoms with Gasteiger partial charge in [-0.25, -0.2) is 0 Å². The topological polar surface area (TPSA) is 15.3 Å². The largest absolute Gasteiger partial charge is 0.313 e. The molecule has 0 spiro atoms. The molecule has 0 atom stereocenters. The van der Waals surface area contributed by atoms with Crippen LogP contribution in [0.3, 0.4) is 0 Å². The third-order valence-electron chi connectivity index (χ3n) is 3.27. The van der Waals surface area contributed by atoms with Crippen molar-refractivity contribution in [1.82, 2.24) is 10.2 Å². The smallest absolute Gasteiger partial charge is 0.0205 e. The number of rotatable bonds is 8. The summed E-state index contributed by atoms with van der Waals surface area (Å²) in [5.41, 5.74) is 2.66. The van der Waals surface area contributed by atoms with Gasteiger partial charge in [-0.3, -0.25) is 0 Å². The van der Waals surface area contributed by atoms with E-state index in [2.05, 4.69) is 65.1 Å². The highest BCUT2D eigenvalue weighted by Crippen LogP contribution is 2.16. The molecule has 0 bridgehead atoms. The first-order chi connectivity index (χ1) is 8.67. The quantitative estimate of drug-likeness (QED) is 0.738. The molecule has 1 aromatic carbocycles. The summed E-state index contributed by atoms with van der Waals surface area (Å²) in [6, 6.07) is 6.54. The minimum atomic E-state index is 0.965. The first-order valence-corrected chi connectivity index (χ1v) is 7.64. The van der Waals surface area contributed by atoms with Crippen molar-refractivity contribution < 1.29 is 0 Å². The molecule has 0 saturated carbocycles. The molecule has 0 fully saturated rings. The highest BCUT2D eigenvalue weighted by atomic mass is 79.9. The summed E-state index contributed by atoms with van der Waals surface area (Å²) < 4.78 is 1.19. The number of aryl methyl sites for hydroxylation is 1. The highest BCUT2D eigenvalue weighted by molar-refractivity contribution is 9.10. The van der Waals surface area contributed by atoms with Crippen LogP contribution in [0.25, 0.3) is 0 Å². The molecule has 3 heteroatoms. The predicted molar refractivity (Wildman–Crippen MR) is 83.0 cm³/mol. The lowest BCUT2D eigenvalue weighted by Gasteiger charge is -2.17. The van der Waals surface area contributed by atoms with Gasteiger partial charge in [0.15, 0.2) is 0 Å². The van der Waals surface area contributed by atoms with Crippen molar-refractivity contribution in [3.8, 4) is 0 Å². The van der Waals surface area contributed by atoms with Crippen molar-refractivity contribution in [2.45, 2.75) is 33.7 Å². The van der Waals surface area contributed by atoms with Gasteiger partial charge in [-0.15, -0.1) is 0 Å². The minimum Gasteiger partial charge on any atom is -0.313 e. The van der Waals surface area contributed by atoms with E-state index in [9.17, 15) is 0 Å². The molecule has 0 heterocycles. The second kappa shape index (κ2) is 8.68. The third kappa shape index (κ3) is 5.51. The molecule has 18 heavy (non-hydrogen) atoms. The Labute approximate surface area is 120 Å². The molecule has 0 amide bonds. The predicted octanol–water partition coefficient (Wildman–Crippen LogP) is 3.58. The molecule has 0 aliphatic heterocycles. The summed E-state index contributed by atoms with van der Waals surface area (Å²) in [6.45, 7) is 12.1. The number of nitrogens with zero attached hydrogens (tertiary/aromatic N) is 1. The van der Waals surface area contributed by atoms with Crippen LogP contribution >= 0.6 is 15.9 Å². The molecule has 1 rings (SSSR count). The maximum atomic E-state index is 3.53. The van der Waals surface area contributed by atoms with E-state index >= 15 is 0 Å². The van der Waals surface area contributed by atoms with Crippen LogP contribution in [0.2, 0.25) is 0 Å². The molecular formula is C15H25BrN2. The first kappa shape index (κ1) is 15.7. The van der Waals surface area contributed by atoms with Crippen molar-refractivity contribution in [2.75, 3.05) is 26.2 Å². The maximum absolute atomic E-state index is 3.53.